The minimum atomic E-state index is -1.03. The van der Waals surface area contributed by atoms with Gasteiger partial charge in [0.1, 0.15) is 11.6 Å². The molecule has 0 aliphatic carbocycles. The number of fused-ring (bicyclic) bond motifs is 2. The molecule has 1 amide bonds. The SMILES string of the molecule is CC1(C)Oc2nc(Nc3cc(C#N)c4[nH]ccc4c3)ncc2C(=O)N1c1ccccc1Cl. The maximum atomic E-state index is 13.3. The Labute approximate surface area is 188 Å². The minimum Gasteiger partial charge on any atom is -0.450 e. The average Bonchev–Trinajstić information content (AvgIpc) is 3.22. The van der Waals surface area contributed by atoms with Gasteiger partial charge in [-0.05, 0) is 44.2 Å². The first-order valence-electron chi connectivity index (χ1n) is 9.81. The van der Waals surface area contributed by atoms with Gasteiger partial charge in [-0.1, -0.05) is 23.7 Å². The van der Waals surface area contributed by atoms with Crippen molar-refractivity contribution in [2.45, 2.75) is 19.6 Å². The fourth-order valence-electron chi connectivity index (χ4n) is 3.79. The maximum absolute atomic E-state index is 13.3. The first-order valence-corrected chi connectivity index (χ1v) is 10.2. The van der Waals surface area contributed by atoms with Crippen LogP contribution in [0.15, 0.2) is 54.9 Å². The number of anilines is 3. The van der Waals surface area contributed by atoms with Crippen LogP contribution in [-0.2, 0) is 0 Å². The van der Waals surface area contributed by atoms with Crippen LogP contribution < -0.4 is 15.0 Å². The average molecular weight is 445 g/mol. The number of hydrogen-bond donors (Lipinski definition) is 2. The van der Waals surface area contributed by atoms with E-state index in [1.807, 2.05) is 12.1 Å². The van der Waals surface area contributed by atoms with E-state index >= 15 is 0 Å². The van der Waals surface area contributed by atoms with Crippen molar-refractivity contribution in [2.75, 3.05) is 10.2 Å². The second-order valence-corrected chi connectivity index (χ2v) is 8.16. The summed E-state index contributed by atoms with van der Waals surface area (Å²) in [5, 5.41) is 13.8. The number of benzene rings is 2. The van der Waals surface area contributed by atoms with Crippen molar-refractivity contribution in [1.29, 1.82) is 5.26 Å². The fourth-order valence-corrected chi connectivity index (χ4v) is 4.01. The van der Waals surface area contributed by atoms with Crippen LogP contribution in [0, 0.1) is 11.3 Å². The number of para-hydroxylation sites is 1. The largest absolute Gasteiger partial charge is 0.450 e. The second-order valence-electron chi connectivity index (χ2n) is 7.76. The van der Waals surface area contributed by atoms with Gasteiger partial charge in [-0.15, -0.1) is 0 Å². The Morgan fingerprint density at radius 1 is 1.25 bits per heavy atom. The summed E-state index contributed by atoms with van der Waals surface area (Å²) < 4.78 is 6.09. The Morgan fingerprint density at radius 3 is 2.84 bits per heavy atom. The number of H-pyrrole nitrogens is 1. The van der Waals surface area contributed by atoms with Crippen LogP contribution in [0.2, 0.25) is 5.02 Å². The van der Waals surface area contributed by atoms with Crippen LogP contribution in [0.1, 0.15) is 29.8 Å². The molecule has 0 saturated heterocycles. The van der Waals surface area contributed by atoms with Crippen LogP contribution in [-0.4, -0.2) is 26.6 Å². The molecule has 32 heavy (non-hydrogen) atoms. The van der Waals surface area contributed by atoms with Crippen molar-refractivity contribution in [3.05, 3.63) is 71.0 Å². The van der Waals surface area contributed by atoms with E-state index in [1.165, 1.54) is 11.1 Å². The van der Waals surface area contributed by atoms with Crippen molar-refractivity contribution in [1.82, 2.24) is 15.0 Å². The summed E-state index contributed by atoms with van der Waals surface area (Å²) in [5.41, 5.74) is 1.65. The molecule has 0 atom stereocenters. The Hall–Kier alpha value is -4.09. The standard InChI is InChI=1S/C23H17ClN6O2/c1-23(2)30(18-6-4-3-5-17(18)24)21(31)16-12-27-22(29-20(16)32-23)28-15-9-13-7-8-26-19(13)14(10-15)11-25/h3-10,12,26H,1-2H3,(H,27,28,29). The number of hydrogen-bond acceptors (Lipinski definition) is 6. The number of aromatic amines is 1. The molecule has 4 aromatic rings. The number of rotatable bonds is 3. The maximum Gasteiger partial charge on any atom is 0.268 e. The van der Waals surface area contributed by atoms with Gasteiger partial charge >= 0.3 is 0 Å². The Morgan fingerprint density at radius 2 is 2.06 bits per heavy atom. The van der Waals surface area contributed by atoms with E-state index in [4.69, 9.17) is 16.3 Å². The van der Waals surface area contributed by atoms with Gasteiger partial charge in [-0.3, -0.25) is 9.69 Å². The first-order chi connectivity index (χ1) is 15.4. The van der Waals surface area contributed by atoms with E-state index in [1.54, 1.807) is 50.4 Å². The summed E-state index contributed by atoms with van der Waals surface area (Å²) >= 11 is 6.33. The molecule has 0 bridgehead atoms. The summed E-state index contributed by atoms with van der Waals surface area (Å²) in [6.45, 7) is 3.54. The number of halogens is 1. The molecule has 0 spiro atoms. The zero-order chi connectivity index (χ0) is 22.5. The molecule has 9 heteroatoms. The summed E-state index contributed by atoms with van der Waals surface area (Å²) in [5.74, 6) is 0.109. The summed E-state index contributed by atoms with van der Waals surface area (Å²) in [6, 6.07) is 14.7. The molecule has 2 aromatic heterocycles. The van der Waals surface area contributed by atoms with Crippen molar-refractivity contribution >= 4 is 45.7 Å². The number of nitriles is 1. The van der Waals surface area contributed by atoms with E-state index in [9.17, 15) is 10.1 Å². The Kier molecular flexibility index (Phi) is 4.50. The first kappa shape index (κ1) is 19.8. The third-order valence-electron chi connectivity index (χ3n) is 5.20. The highest BCUT2D eigenvalue weighted by molar-refractivity contribution is 6.34. The van der Waals surface area contributed by atoms with E-state index in [-0.39, 0.29) is 23.3 Å². The predicted molar refractivity (Wildman–Crippen MR) is 121 cm³/mol. The van der Waals surface area contributed by atoms with E-state index in [0.717, 1.165) is 10.9 Å². The lowest BCUT2D eigenvalue weighted by atomic mass is 10.1. The lowest BCUT2D eigenvalue weighted by Crippen LogP contribution is -2.55. The van der Waals surface area contributed by atoms with Gasteiger partial charge in [0.2, 0.25) is 11.8 Å². The zero-order valence-electron chi connectivity index (χ0n) is 17.2. The quantitative estimate of drug-likeness (QED) is 0.460. The molecule has 3 heterocycles. The smallest absolute Gasteiger partial charge is 0.268 e. The van der Waals surface area contributed by atoms with Crippen molar-refractivity contribution < 1.29 is 9.53 Å². The number of nitrogens with zero attached hydrogens (tertiary/aromatic N) is 4. The van der Waals surface area contributed by atoms with E-state index < -0.39 is 5.72 Å². The van der Waals surface area contributed by atoms with Crippen LogP contribution in [0.3, 0.4) is 0 Å². The van der Waals surface area contributed by atoms with E-state index in [0.29, 0.717) is 22.0 Å². The normalized spacial score (nSPS) is 14.6. The molecular weight excluding hydrogens is 428 g/mol. The highest BCUT2D eigenvalue weighted by Crippen LogP contribution is 2.38. The topological polar surface area (TPSA) is 107 Å². The van der Waals surface area contributed by atoms with Gasteiger partial charge in [0.05, 0.1) is 21.8 Å². The highest BCUT2D eigenvalue weighted by atomic mass is 35.5. The molecular formula is C23H17ClN6O2. The number of nitrogens with one attached hydrogen (secondary N) is 2. The summed E-state index contributed by atoms with van der Waals surface area (Å²) in [6.07, 6.45) is 3.20. The third kappa shape index (κ3) is 3.20. The van der Waals surface area contributed by atoms with Crippen LogP contribution in [0.4, 0.5) is 17.3 Å². The molecule has 1 aliphatic rings. The molecule has 0 saturated carbocycles. The number of amides is 1. The van der Waals surface area contributed by atoms with Crippen LogP contribution in [0.5, 0.6) is 5.88 Å². The Balaban J connectivity index is 1.51. The van der Waals surface area contributed by atoms with Gasteiger partial charge in [0.15, 0.2) is 5.72 Å². The van der Waals surface area contributed by atoms with Gasteiger partial charge in [0.25, 0.3) is 5.91 Å². The molecule has 158 valence electrons. The lowest BCUT2D eigenvalue weighted by molar-refractivity contribution is 0.0606. The van der Waals surface area contributed by atoms with Crippen molar-refractivity contribution in [3.63, 3.8) is 0 Å². The lowest BCUT2D eigenvalue weighted by Gasteiger charge is -2.42. The molecule has 8 nitrogen and oxygen atoms in total. The van der Waals surface area contributed by atoms with Gasteiger partial charge < -0.3 is 15.0 Å². The fraction of sp³-hybridized carbons (Fsp3) is 0.130. The molecule has 5 rings (SSSR count). The second kappa shape index (κ2) is 7.25. The van der Waals surface area contributed by atoms with Gasteiger partial charge in [-0.2, -0.15) is 10.2 Å². The number of carbonyl (C=O) groups is 1. The molecule has 2 aromatic carbocycles. The minimum absolute atomic E-state index is 0.170. The van der Waals surface area contributed by atoms with Gasteiger partial charge in [0, 0.05) is 23.5 Å². The molecule has 0 unspecified atom stereocenters. The van der Waals surface area contributed by atoms with Crippen LogP contribution in [0.25, 0.3) is 10.9 Å². The van der Waals surface area contributed by atoms with Crippen LogP contribution >= 0.6 is 11.6 Å². The highest BCUT2D eigenvalue weighted by Gasteiger charge is 2.43. The predicted octanol–water partition coefficient (Wildman–Crippen LogP) is 5.00. The number of carbonyl (C=O) groups excluding carboxylic acids is 1. The monoisotopic (exact) mass is 444 g/mol. The number of aromatic nitrogens is 3. The Bertz CT molecular complexity index is 1420. The summed E-state index contributed by atoms with van der Waals surface area (Å²) in [4.78, 5) is 26.5. The van der Waals surface area contributed by atoms with E-state index in [2.05, 4.69) is 26.3 Å². The van der Waals surface area contributed by atoms with Crippen molar-refractivity contribution in [3.8, 4) is 11.9 Å². The third-order valence-corrected chi connectivity index (χ3v) is 5.52. The van der Waals surface area contributed by atoms with Crippen molar-refractivity contribution in [2.24, 2.45) is 0 Å². The molecule has 2 N–H and O–H groups in total. The number of ether oxygens (including phenoxy) is 1. The summed E-state index contributed by atoms with van der Waals surface area (Å²) in [7, 11) is 0. The molecule has 0 fully saturated rings. The zero-order valence-corrected chi connectivity index (χ0v) is 17.9. The molecule has 0 radical (unpaired) electrons. The molecule has 1 aliphatic heterocycles. The van der Waals surface area contributed by atoms with Gasteiger partial charge in [-0.25, -0.2) is 4.98 Å².